The number of ether oxygens (including phenoxy) is 2. The molecule has 0 fully saturated rings. The molecule has 4 aromatic rings. The smallest absolute Gasteiger partial charge is 0.270 e. The Balaban J connectivity index is 1.68. The molecule has 148 valence electrons. The van der Waals surface area contributed by atoms with Crippen molar-refractivity contribution in [2.45, 2.75) is 13.0 Å². The van der Waals surface area contributed by atoms with Crippen molar-refractivity contribution in [3.63, 3.8) is 0 Å². The topological polar surface area (TPSA) is 76.2 Å². The van der Waals surface area contributed by atoms with E-state index in [0.717, 1.165) is 16.0 Å². The van der Waals surface area contributed by atoms with Crippen LogP contribution in [0.15, 0.2) is 59.4 Å². The summed E-state index contributed by atoms with van der Waals surface area (Å²) in [5.74, 6) is 1.76. The Morgan fingerprint density at radius 1 is 1.03 bits per heavy atom. The van der Waals surface area contributed by atoms with Gasteiger partial charge in [-0.1, -0.05) is 30.3 Å². The van der Waals surface area contributed by atoms with Crippen LogP contribution in [0, 0.1) is 0 Å². The lowest BCUT2D eigenvalue weighted by atomic mass is 10.1. The fraction of sp³-hybridized carbons (Fsp3) is 0.182. The van der Waals surface area contributed by atoms with Gasteiger partial charge in [-0.25, -0.2) is 4.98 Å². The first-order chi connectivity index (χ1) is 14.1. The number of nitrogens with one attached hydrogen (secondary N) is 2. The van der Waals surface area contributed by atoms with Crippen molar-refractivity contribution in [3.05, 3.63) is 70.5 Å². The summed E-state index contributed by atoms with van der Waals surface area (Å²) in [4.78, 5) is 21.0. The van der Waals surface area contributed by atoms with E-state index in [1.54, 1.807) is 14.2 Å². The molecule has 0 amide bonds. The van der Waals surface area contributed by atoms with Crippen LogP contribution < -0.4 is 20.3 Å². The summed E-state index contributed by atoms with van der Waals surface area (Å²) in [6, 6.07) is 17.7. The zero-order chi connectivity index (χ0) is 20.4. The highest BCUT2D eigenvalue weighted by Crippen LogP contribution is 2.36. The molecule has 0 saturated carbocycles. The highest BCUT2D eigenvalue weighted by molar-refractivity contribution is 7.22. The number of hydrogen-bond acceptors (Lipinski definition) is 6. The molecule has 2 aromatic heterocycles. The maximum atomic E-state index is 12.6. The second kappa shape index (κ2) is 7.97. The minimum absolute atomic E-state index is 0.0146. The number of benzene rings is 2. The van der Waals surface area contributed by atoms with Gasteiger partial charge in [-0.05, 0) is 42.3 Å². The molecular formula is C22H21N3O3S. The molecule has 2 heterocycles. The average molecular weight is 407 g/mol. The number of rotatable bonds is 6. The summed E-state index contributed by atoms with van der Waals surface area (Å²) in [6.07, 6.45) is 0. The molecule has 0 saturated heterocycles. The molecule has 1 atom stereocenters. The molecule has 7 heteroatoms. The van der Waals surface area contributed by atoms with Crippen LogP contribution in [-0.4, -0.2) is 24.2 Å². The average Bonchev–Trinajstić information content (AvgIpc) is 3.18. The van der Waals surface area contributed by atoms with Crippen molar-refractivity contribution < 1.29 is 9.47 Å². The molecule has 0 aliphatic carbocycles. The first-order valence-electron chi connectivity index (χ1n) is 9.17. The Morgan fingerprint density at radius 3 is 2.52 bits per heavy atom. The Labute approximate surface area is 172 Å². The van der Waals surface area contributed by atoms with Crippen molar-refractivity contribution in [1.29, 1.82) is 0 Å². The quantitative estimate of drug-likeness (QED) is 0.478. The lowest BCUT2D eigenvalue weighted by Crippen LogP contribution is -2.14. The number of hydrogen-bond donors (Lipinski definition) is 2. The van der Waals surface area contributed by atoms with Crippen LogP contribution in [0.25, 0.3) is 20.7 Å². The monoisotopic (exact) mass is 407 g/mol. The second-order valence-electron chi connectivity index (χ2n) is 6.59. The molecule has 4 rings (SSSR count). The summed E-state index contributed by atoms with van der Waals surface area (Å²) in [5.41, 5.74) is 2.56. The molecule has 0 aliphatic heterocycles. The van der Waals surface area contributed by atoms with E-state index in [4.69, 9.17) is 9.47 Å². The first-order valence-corrected chi connectivity index (χ1v) is 9.98. The van der Waals surface area contributed by atoms with Gasteiger partial charge in [0.15, 0.2) is 11.5 Å². The molecule has 0 spiro atoms. The summed E-state index contributed by atoms with van der Waals surface area (Å²) >= 11 is 1.40. The zero-order valence-corrected chi connectivity index (χ0v) is 17.2. The molecule has 2 N–H and O–H groups in total. The minimum atomic E-state index is -0.158. The summed E-state index contributed by atoms with van der Waals surface area (Å²) in [7, 11) is 3.20. The third-order valence-electron chi connectivity index (χ3n) is 4.70. The Hall–Kier alpha value is -3.32. The van der Waals surface area contributed by atoms with E-state index in [0.29, 0.717) is 27.7 Å². The number of anilines is 1. The van der Waals surface area contributed by atoms with Crippen molar-refractivity contribution in [1.82, 2.24) is 9.97 Å². The van der Waals surface area contributed by atoms with Crippen LogP contribution in [0.2, 0.25) is 0 Å². The lowest BCUT2D eigenvalue weighted by Gasteiger charge is -2.14. The third-order valence-corrected chi connectivity index (χ3v) is 5.88. The van der Waals surface area contributed by atoms with Gasteiger partial charge in [0, 0.05) is 4.88 Å². The van der Waals surface area contributed by atoms with Crippen LogP contribution in [0.1, 0.15) is 18.5 Å². The molecular weight excluding hydrogens is 386 g/mol. The Kier molecular flexibility index (Phi) is 5.22. The first kappa shape index (κ1) is 19.0. The summed E-state index contributed by atoms with van der Waals surface area (Å²) < 4.78 is 11.3. The van der Waals surface area contributed by atoms with Crippen LogP contribution in [-0.2, 0) is 0 Å². The second-order valence-corrected chi connectivity index (χ2v) is 7.64. The molecule has 0 radical (unpaired) electrons. The lowest BCUT2D eigenvalue weighted by molar-refractivity contribution is 0.355. The number of methoxy groups -OCH3 is 2. The van der Waals surface area contributed by atoms with E-state index in [9.17, 15) is 4.79 Å². The largest absolute Gasteiger partial charge is 0.493 e. The van der Waals surface area contributed by atoms with Crippen molar-refractivity contribution >= 4 is 27.5 Å². The van der Waals surface area contributed by atoms with Crippen LogP contribution >= 0.6 is 11.3 Å². The molecule has 0 bridgehead atoms. The van der Waals surface area contributed by atoms with E-state index in [1.807, 2.05) is 61.5 Å². The number of aromatic nitrogens is 2. The number of nitrogens with zero attached hydrogens (tertiary/aromatic N) is 1. The molecule has 2 aromatic carbocycles. The fourth-order valence-corrected chi connectivity index (χ4v) is 4.16. The molecule has 1 unspecified atom stereocenters. The standard InChI is InChI=1S/C22H21N3O3S/c1-13(14-7-5-4-6-8-14)23-22-24-16-12-19(29-20(16)21(26)25-22)15-9-10-17(27-2)18(11-15)28-3/h4-13H,1-3H3,(H2,23,24,25,26). The van der Waals surface area contributed by atoms with Gasteiger partial charge in [0.1, 0.15) is 4.70 Å². The number of fused-ring (bicyclic) bond motifs is 1. The van der Waals surface area contributed by atoms with Crippen LogP contribution in [0.5, 0.6) is 11.5 Å². The zero-order valence-electron chi connectivity index (χ0n) is 16.4. The predicted octanol–water partition coefficient (Wildman–Crippen LogP) is 4.84. The van der Waals surface area contributed by atoms with E-state index >= 15 is 0 Å². The maximum Gasteiger partial charge on any atom is 0.270 e. The van der Waals surface area contributed by atoms with Crippen molar-refractivity contribution in [3.8, 4) is 21.9 Å². The number of thiophene rings is 1. The van der Waals surface area contributed by atoms with E-state index in [-0.39, 0.29) is 11.6 Å². The van der Waals surface area contributed by atoms with Gasteiger partial charge in [0.05, 0.1) is 25.8 Å². The van der Waals surface area contributed by atoms with Gasteiger partial charge in [-0.3, -0.25) is 9.78 Å². The Bertz CT molecular complexity index is 1200. The third kappa shape index (κ3) is 3.82. The maximum absolute atomic E-state index is 12.6. The number of H-pyrrole nitrogens is 1. The van der Waals surface area contributed by atoms with Gasteiger partial charge >= 0.3 is 0 Å². The van der Waals surface area contributed by atoms with Crippen molar-refractivity contribution in [2.24, 2.45) is 0 Å². The fourth-order valence-electron chi connectivity index (χ4n) is 3.17. The summed E-state index contributed by atoms with van der Waals surface area (Å²) in [5, 5.41) is 3.27. The van der Waals surface area contributed by atoms with Gasteiger partial charge in [-0.2, -0.15) is 0 Å². The van der Waals surface area contributed by atoms with E-state index < -0.39 is 0 Å². The normalized spacial score (nSPS) is 12.0. The predicted molar refractivity (Wildman–Crippen MR) is 117 cm³/mol. The van der Waals surface area contributed by atoms with Gasteiger partial charge in [-0.15, -0.1) is 11.3 Å². The van der Waals surface area contributed by atoms with Crippen LogP contribution in [0.3, 0.4) is 0 Å². The molecule has 29 heavy (non-hydrogen) atoms. The Morgan fingerprint density at radius 2 is 1.79 bits per heavy atom. The van der Waals surface area contributed by atoms with E-state index in [1.165, 1.54) is 11.3 Å². The van der Waals surface area contributed by atoms with Crippen molar-refractivity contribution in [2.75, 3.05) is 19.5 Å². The highest BCUT2D eigenvalue weighted by atomic mass is 32.1. The molecule has 6 nitrogen and oxygen atoms in total. The summed E-state index contributed by atoms with van der Waals surface area (Å²) in [6.45, 7) is 2.03. The van der Waals surface area contributed by atoms with Crippen LogP contribution in [0.4, 0.5) is 5.95 Å². The van der Waals surface area contributed by atoms with Gasteiger partial charge in [0.2, 0.25) is 5.95 Å². The minimum Gasteiger partial charge on any atom is -0.493 e. The van der Waals surface area contributed by atoms with Gasteiger partial charge in [0.25, 0.3) is 5.56 Å². The molecule has 0 aliphatic rings. The van der Waals surface area contributed by atoms with E-state index in [2.05, 4.69) is 15.3 Å². The SMILES string of the molecule is COc1ccc(-c2cc3nc(NC(C)c4ccccc4)[nH]c(=O)c3s2)cc1OC. The van der Waals surface area contributed by atoms with Gasteiger partial charge < -0.3 is 14.8 Å². The number of aromatic amines is 1. The highest BCUT2D eigenvalue weighted by Gasteiger charge is 2.14.